The van der Waals surface area contributed by atoms with E-state index in [2.05, 4.69) is 0 Å². The summed E-state index contributed by atoms with van der Waals surface area (Å²) in [6, 6.07) is 11.9. The van der Waals surface area contributed by atoms with Crippen molar-refractivity contribution in [2.45, 2.75) is 6.10 Å². The quantitative estimate of drug-likeness (QED) is 0.614. The third-order valence-electron chi connectivity index (χ3n) is 4.67. The zero-order valence-electron chi connectivity index (χ0n) is 15.3. The molecule has 9 heteroatoms. The van der Waals surface area contributed by atoms with Crippen LogP contribution >= 0.6 is 11.3 Å². The molecule has 2 aromatic carbocycles. The molecule has 0 radical (unpaired) electrons. The molecule has 0 spiro atoms. The van der Waals surface area contributed by atoms with E-state index in [1.54, 1.807) is 36.4 Å². The number of fused-ring (bicyclic) bond motifs is 2. The minimum atomic E-state index is -1.10. The van der Waals surface area contributed by atoms with E-state index in [9.17, 15) is 9.59 Å². The number of carboxylic acids is 1. The lowest BCUT2D eigenvalue weighted by molar-refractivity contribution is 0.0378. The minimum absolute atomic E-state index is 0.0599. The lowest BCUT2D eigenvalue weighted by Gasteiger charge is -2.19. The van der Waals surface area contributed by atoms with Crippen LogP contribution in [0.5, 0.6) is 23.0 Å². The molecule has 5 rings (SSSR count). The second kappa shape index (κ2) is 7.27. The average molecular weight is 426 g/mol. The summed E-state index contributed by atoms with van der Waals surface area (Å²) in [5.74, 6) is 0.592. The normalized spacial score (nSPS) is 13.5. The predicted octanol–water partition coefficient (Wildman–Crippen LogP) is 3.85. The van der Waals surface area contributed by atoms with Crippen LogP contribution in [0.25, 0.3) is 0 Å². The molecule has 0 saturated heterocycles. The molecule has 0 atom stereocenters. The van der Waals surface area contributed by atoms with E-state index in [1.807, 2.05) is 0 Å². The second-order valence-electron chi connectivity index (χ2n) is 6.52. The van der Waals surface area contributed by atoms with Gasteiger partial charge in [-0.15, -0.1) is 11.3 Å². The number of aromatic carboxylic acids is 1. The molecule has 3 heterocycles. The predicted molar refractivity (Wildman–Crippen MR) is 104 cm³/mol. The Bertz CT molecular complexity index is 1090. The van der Waals surface area contributed by atoms with E-state index in [0.29, 0.717) is 34.1 Å². The lowest BCUT2D eigenvalue weighted by Crippen LogP contribution is -2.13. The summed E-state index contributed by atoms with van der Waals surface area (Å²) in [5, 5.41) is 10.6. The van der Waals surface area contributed by atoms with Crippen molar-refractivity contribution in [3.8, 4) is 23.0 Å². The summed E-state index contributed by atoms with van der Waals surface area (Å²) in [4.78, 5) is 24.0. The van der Waals surface area contributed by atoms with Gasteiger partial charge in [0, 0.05) is 16.5 Å². The number of hydrogen-bond donors (Lipinski definition) is 1. The lowest BCUT2D eigenvalue weighted by atomic mass is 10.00. The van der Waals surface area contributed by atoms with Crippen molar-refractivity contribution >= 4 is 23.3 Å². The van der Waals surface area contributed by atoms with E-state index in [0.717, 1.165) is 11.3 Å². The smallest absolute Gasteiger partial charge is 0.345 e. The molecule has 2 aliphatic heterocycles. The number of esters is 1. The number of carbonyl (C=O) groups is 2. The maximum atomic E-state index is 12.8. The second-order valence-corrected chi connectivity index (χ2v) is 7.43. The van der Waals surface area contributed by atoms with Gasteiger partial charge in [-0.1, -0.05) is 12.1 Å². The third kappa shape index (κ3) is 3.29. The van der Waals surface area contributed by atoms with Gasteiger partial charge in [-0.3, -0.25) is 0 Å². The monoisotopic (exact) mass is 426 g/mol. The van der Waals surface area contributed by atoms with Gasteiger partial charge >= 0.3 is 11.9 Å². The number of hydrogen-bond acceptors (Lipinski definition) is 8. The largest absolute Gasteiger partial charge is 0.477 e. The van der Waals surface area contributed by atoms with Crippen molar-refractivity contribution in [2.75, 3.05) is 13.6 Å². The van der Waals surface area contributed by atoms with E-state index in [4.69, 9.17) is 28.8 Å². The number of carbonyl (C=O) groups excluding carboxylic acids is 1. The molecule has 8 nitrogen and oxygen atoms in total. The van der Waals surface area contributed by atoms with Crippen LogP contribution in [0.1, 0.15) is 37.3 Å². The summed E-state index contributed by atoms with van der Waals surface area (Å²) < 4.78 is 27.4. The van der Waals surface area contributed by atoms with Gasteiger partial charge < -0.3 is 28.8 Å². The van der Waals surface area contributed by atoms with Crippen LogP contribution in [0.4, 0.5) is 0 Å². The first-order chi connectivity index (χ1) is 14.6. The van der Waals surface area contributed by atoms with Gasteiger partial charge in [-0.05, 0) is 30.3 Å². The fourth-order valence-electron chi connectivity index (χ4n) is 3.21. The summed E-state index contributed by atoms with van der Waals surface area (Å²) >= 11 is 0.964. The summed E-state index contributed by atoms with van der Waals surface area (Å²) in [6.45, 7) is 0.250. The van der Waals surface area contributed by atoms with Crippen LogP contribution in [-0.2, 0) is 4.74 Å². The van der Waals surface area contributed by atoms with Crippen molar-refractivity contribution in [2.24, 2.45) is 0 Å². The number of benzene rings is 2. The Morgan fingerprint density at radius 2 is 1.43 bits per heavy atom. The molecule has 30 heavy (non-hydrogen) atoms. The molecule has 152 valence electrons. The molecule has 2 aliphatic rings. The van der Waals surface area contributed by atoms with Crippen molar-refractivity contribution in [1.29, 1.82) is 0 Å². The molecule has 0 amide bonds. The minimum Gasteiger partial charge on any atom is -0.477 e. The number of thiophene rings is 1. The highest BCUT2D eigenvalue weighted by Gasteiger charge is 2.26. The van der Waals surface area contributed by atoms with Crippen molar-refractivity contribution in [3.05, 3.63) is 69.4 Å². The number of rotatable bonds is 5. The fourth-order valence-corrected chi connectivity index (χ4v) is 3.93. The Morgan fingerprint density at radius 1 is 0.867 bits per heavy atom. The molecule has 0 aliphatic carbocycles. The van der Waals surface area contributed by atoms with Gasteiger partial charge in [-0.25, -0.2) is 9.59 Å². The van der Waals surface area contributed by atoms with Crippen LogP contribution in [0.3, 0.4) is 0 Å². The van der Waals surface area contributed by atoms with E-state index in [-0.39, 0.29) is 24.0 Å². The Labute approximate surface area is 174 Å². The van der Waals surface area contributed by atoms with Gasteiger partial charge in [0.2, 0.25) is 13.6 Å². The average Bonchev–Trinajstić information content (AvgIpc) is 3.50. The van der Waals surface area contributed by atoms with Crippen LogP contribution in [0, 0.1) is 0 Å². The fraction of sp³-hybridized carbons (Fsp3) is 0.143. The van der Waals surface area contributed by atoms with Crippen molar-refractivity contribution in [3.63, 3.8) is 0 Å². The molecule has 0 fully saturated rings. The topological polar surface area (TPSA) is 101 Å². The standard InChI is InChI=1S/C21H14O8S/c22-20(23)18-7-13(8-30-18)21(24)29-19(11-1-3-14-16(5-11)27-9-25-14)12-2-4-15-17(6-12)28-10-26-15/h1-8,19H,9-10H2,(H,22,23). The number of carboxylic acid groups (broad SMARTS) is 1. The van der Waals surface area contributed by atoms with Crippen LogP contribution in [0.2, 0.25) is 0 Å². The Kier molecular flexibility index (Phi) is 4.44. The molecule has 0 unspecified atom stereocenters. The highest BCUT2D eigenvalue weighted by molar-refractivity contribution is 7.12. The Hall–Kier alpha value is -3.72. The Balaban J connectivity index is 1.50. The first-order valence-electron chi connectivity index (χ1n) is 8.90. The van der Waals surface area contributed by atoms with Crippen LogP contribution in [0.15, 0.2) is 47.8 Å². The van der Waals surface area contributed by atoms with E-state index < -0.39 is 18.0 Å². The van der Waals surface area contributed by atoms with Gasteiger partial charge in [0.15, 0.2) is 29.1 Å². The molecule has 0 bridgehead atoms. The van der Waals surface area contributed by atoms with E-state index >= 15 is 0 Å². The molecular weight excluding hydrogens is 412 g/mol. The summed E-state index contributed by atoms with van der Waals surface area (Å²) in [6.07, 6.45) is -0.783. The highest BCUT2D eigenvalue weighted by Crippen LogP contribution is 2.40. The van der Waals surface area contributed by atoms with Crippen molar-refractivity contribution < 1.29 is 38.4 Å². The highest BCUT2D eigenvalue weighted by atomic mass is 32.1. The molecule has 3 aromatic rings. The SMILES string of the molecule is O=C(OC(c1ccc2c(c1)OCO2)c1ccc2c(c1)OCO2)c1csc(C(=O)O)c1. The van der Waals surface area contributed by atoms with Crippen molar-refractivity contribution in [1.82, 2.24) is 0 Å². The van der Waals surface area contributed by atoms with Gasteiger partial charge in [0.05, 0.1) is 5.56 Å². The number of ether oxygens (including phenoxy) is 5. The summed E-state index contributed by atoms with van der Waals surface area (Å²) in [7, 11) is 0. The maximum absolute atomic E-state index is 12.8. The zero-order chi connectivity index (χ0) is 20.7. The van der Waals surface area contributed by atoms with E-state index in [1.165, 1.54) is 11.4 Å². The van der Waals surface area contributed by atoms with Gasteiger partial charge in [0.25, 0.3) is 0 Å². The van der Waals surface area contributed by atoms with Gasteiger partial charge in [-0.2, -0.15) is 0 Å². The van der Waals surface area contributed by atoms with Gasteiger partial charge in [0.1, 0.15) is 4.88 Å². The molecular formula is C21H14O8S. The zero-order valence-corrected chi connectivity index (χ0v) is 16.1. The molecule has 1 aromatic heterocycles. The third-order valence-corrected chi connectivity index (χ3v) is 5.59. The molecule has 1 N–H and O–H groups in total. The summed E-state index contributed by atoms with van der Waals surface area (Å²) in [5.41, 5.74) is 1.50. The van der Waals surface area contributed by atoms with Crippen LogP contribution in [-0.4, -0.2) is 30.6 Å². The Morgan fingerprint density at radius 3 is 1.97 bits per heavy atom. The van der Waals surface area contributed by atoms with Crippen LogP contribution < -0.4 is 18.9 Å². The first kappa shape index (κ1) is 18.3. The molecule has 0 saturated carbocycles. The maximum Gasteiger partial charge on any atom is 0.345 e. The first-order valence-corrected chi connectivity index (χ1v) is 9.78.